The average molecular weight is 493 g/mol. The van der Waals surface area contributed by atoms with Gasteiger partial charge in [-0.15, -0.1) is 0 Å². The lowest BCUT2D eigenvalue weighted by Gasteiger charge is -2.45. The van der Waals surface area contributed by atoms with E-state index in [9.17, 15) is 14.4 Å². The largest absolute Gasteiger partial charge is 0.444 e. The first-order valence-corrected chi connectivity index (χ1v) is 12.2. The minimum Gasteiger partial charge on any atom is -0.444 e. The SMILES string of the molecule is Cc1c(C(=O)NCC2C(=O)NC(C)CC2C)cc(Cl)cc1N(C)C1CN(C(=O)OC(C)(C)C)C1. The van der Waals surface area contributed by atoms with Crippen molar-refractivity contribution in [2.75, 3.05) is 31.6 Å². The molecule has 2 N–H and O–H groups in total. The summed E-state index contributed by atoms with van der Waals surface area (Å²) in [6.07, 6.45) is 0.564. The molecule has 2 aliphatic heterocycles. The summed E-state index contributed by atoms with van der Waals surface area (Å²) < 4.78 is 5.43. The number of anilines is 1. The Morgan fingerprint density at radius 2 is 1.91 bits per heavy atom. The van der Waals surface area contributed by atoms with Crippen LogP contribution in [0.4, 0.5) is 10.5 Å². The fraction of sp³-hybridized carbons (Fsp3) is 0.640. The summed E-state index contributed by atoms with van der Waals surface area (Å²) in [6.45, 7) is 12.8. The van der Waals surface area contributed by atoms with Crippen molar-refractivity contribution in [3.63, 3.8) is 0 Å². The lowest BCUT2D eigenvalue weighted by molar-refractivity contribution is -0.129. The van der Waals surface area contributed by atoms with E-state index in [-0.39, 0.29) is 48.4 Å². The molecule has 0 spiro atoms. The van der Waals surface area contributed by atoms with Crippen molar-refractivity contribution in [1.29, 1.82) is 0 Å². The van der Waals surface area contributed by atoms with Gasteiger partial charge >= 0.3 is 6.09 Å². The Hall–Kier alpha value is -2.48. The number of benzene rings is 1. The number of carbonyl (C=O) groups is 3. The highest BCUT2D eigenvalue weighted by molar-refractivity contribution is 6.31. The molecule has 0 bridgehead atoms. The van der Waals surface area contributed by atoms with E-state index in [0.717, 1.165) is 17.7 Å². The van der Waals surface area contributed by atoms with E-state index in [1.54, 1.807) is 11.0 Å². The molecule has 3 amide bonds. The Balaban J connectivity index is 1.66. The van der Waals surface area contributed by atoms with Gasteiger partial charge in [-0.1, -0.05) is 18.5 Å². The number of amides is 3. The Morgan fingerprint density at radius 1 is 1.26 bits per heavy atom. The molecule has 0 saturated carbocycles. The summed E-state index contributed by atoms with van der Waals surface area (Å²) in [4.78, 5) is 41.4. The third-order valence-electron chi connectivity index (χ3n) is 6.65. The second kappa shape index (κ2) is 10.0. The number of nitrogens with one attached hydrogen (secondary N) is 2. The van der Waals surface area contributed by atoms with Crippen LogP contribution in [0.5, 0.6) is 0 Å². The number of hydrogen-bond acceptors (Lipinski definition) is 5. The zero-order valence-corrected chi connectivity index (χ0v) is 22.0. The van der Waals surface area contributed by atoms with Crippen molar-refractivity contribution in [1.82, 2.24) is 15.5 Å². The van der Waals surface area contributed by atoms with Crippen LogP contribution in [0.25, 0.3) is 0 Å². The Labute approximate surface area is 207 Å². The number of rotatable bonds is 5. The van der Waals surface area contributed by atoms with Crippen LogP contribution < -0.4 is 15.5 Å². The van der Waals surface area contributed by atoms with Crippen LogP contribution in [0.15, 0.2) is 12.1 Å². The van der Waals surface area contributed by atoms with Crippen molar-refractivity contribution < 1.29 is 19.1 Å². The molecule has 0 aromatic heterocycles. The van der Waals surface area contributed by atoms with Crippen LogP contribution in [-0.4, -0.2) is 67.2 Å². The van der Waals surface area contributed by atoms with Gasteiger partial charge in [0.15, 0.2) is 0 Å². The number of nitrogens with zero attached hydrogens (tertiary/aromatic N) is 2. The highest BCUT2D eigenvalue weighted by atomic mass is 35.5. The number of hydrogen-bond donors (Lipinski definition) is 2. The van der Waals surface area contributed by atoms with Crippen LogP contribution in [0.2, 0.25) is 5.02 Å². The van der Waals surface area contributed by atoms with Crippen LogP contribution in [0, 0.1) is 18.8 Å². The molecule has 1 aromatic rings. The highest BCUT2D eigenvalue weighted by Gasteiger charge is 2.37. The van der Waals surface area contributed by atoms with Gasteiger partial charge in [-0.05, 0) is 64.7 Å². The number of halogens is 1. The smallest absolute Gasteiger partial charge is 0.410 e. The number of ether oxygens (including phenoxy) is 1. The minimum absolute atomic E-state index is 0.0192. The molecule has 2 aliphatic rings. The lowest BCUT2D eigenvalue weighted by atomic mass is 9.84. The molecule has 3 atom stereocenters. The minimum atomic E-state index is -0.534. The molecule has 1 aromatic carbocycles. The number of piperidine rings is 1. The summed E-state index contributed by atoms with van der Waals surface area (Å²) in [7, 11) is 1.94. The normalized spacial score (nSPS) is 23.1. The molecule has 3 unspecified atom stereocenters. The second-order valence-electron chi connectivity index (χ2n) is 10.7. The van der Waals surface area contributed by atoms with Crippen molar-refractivity contribution in [2.45, 2.75) is 65.6 Å². The summed E-state index contributed by atoms with van der Waals surface area (Å²) >= 11 is 6.38. The quantitative estimate of drug-likeness (QED) is 0.655. The molecular weight excluding hydrogens is 456 g/mol. The molecule has 8 nitrogen and oxygen atoms in total. The zero-order valence-electron chi connectivity index (χ0n) is 21.2. The summed E-state index contributed by atoms with van der Waals surface area (Å²) in [5.74, 6) is -0.333. The Bertz CT molecular complexity index is 955. The van der Waals surface area contributed by atoms with Crippen molar-refractivity contribution in [3.8, 4) is 0 Å². The molecule has 2 saturated heterocycles. The number of likely N-dealkylation sites (tertiary alicyclic amines) is 1. The molecular formula is C25H37ClN4O4. The van der Waals surface area contributed by atoms with Crippen LogP contribution in [0.1, 0.15) is 57.0 Å². The van der Waals surface area contributed by atoms with Crippen LogP contribution in [-0.2, 0) is 9.53 Å². The monoisotopic (exact) mass is 492 g/mol. The van der Waals surface area contributed by atoms with Gasteiger partial charge in [0.25, 0.3) is 5.91 Å². The first-order valence-electron chi connectivity index (χ1n) is 11.9. The van der Waals surface area contributed by atoms with E-state index in [1.807, 2.05) is 54.7 Å². The first kappa shape index (κ1) is 26.1. The van der Waals surface area contributed by atoms with Gasteiger partial charge in [0.05, 0.1) is 12.0 Å². The molecule has 34 heavy (non-hydrogen) atoms. The van der Waals surface area contributed by atoms with E-state index in [1.165, 1.54) is 0 Å². The van der Waals surface area contributed by atoms with Crippen LogP contribution >= 0.6 is 11.6 Å². The van der Waals surface area contributed by atoms with Gasteiger partial charge in [-0.2, -0.15) is 0 Å². The molecule has 9 heteroatoms. The maximum Gasteiger partial charge on any atom is 0.410 e. The van der Waals surface area contributed by atoms with Gasteiger partial charge in [-0.25, -0.2) is 4.79 Å². The third-order valence-corrected chi connectivity index (χ3v) is 6.87. The van der Waals surface area contributed by atoms with E-state index in [0.29, 0.717) is 23.7 Å². The van der Waals surface area contributed by atoms with E-state index >= 15 is 0 Å². The molecule has 0 radical (unpaired) electrons. The van der Waals surface area contributed by atoms with Gasteiger partial charge in [-0.3, -0.25) is 9.59 Å². The topological polar surface area (TPSA) is 91.0 Å². The van der Waals surface area contributed by atoms with Crippen molar-refractivity contribution in [2.24, 2.45) is 11.8 Å². The molecule has 0 aliphatic carbocycles. The van der Waals surface area contributed by atoms with Gasteiger partial charge in [0.2, 0.25) is 5.91 Å². The van der Waals surface area contributed by atoms with E-state index in [4.69, 9.17) is 16.3 Å². The molecule has 2 fully saturated rings. The van der Waals surface area contributed by atoms with Gasteiger partial charge < -0.3 is 25.2 Å². The maximum atomic E-state index is 13.1. The summed E-state index contributed by atoms with van der Waals surface area (Å²) in [5.41, 5.74) is 1.59. The van der Waals surface area contributed by atoms with Gasteiger partial charge in [0, 0.05) is 49.0 Å². The summed E-state index contributed by atoms with van der Waals surface area (Å²) in [5, 5.41) is 6.35. The highest BCUT2D eigenvalue weighted by Crippen LogP contribution is 2.31. The zero-order chi connectivity index (χ0) is 25.4. The fourth-order valence-corrected chi connectivity index (χ4v) is 4.83. The predicted octanol–water partition coefficient (Wildman–Crippen LogP) is 3.59. The lowest BCUT2D eigenvalue weighted by Crippen LogP contribution is -2.61. The summed E-state index contributed by atoms with van der Waals surface area (Å²) in [6, 6.07) is 3.74. The van der Waals surface area contributed by atoms with E-state index < -0.39 is 5.60 Å². The third kappa shape index (κ3) is 5.95. The second-order valence-corrected chi connectivity index (χ2v) is 11.1. The molecule has 3 rings (SSSR count). The van der Waals surface area contributed by atoms with Gasteiger partial charge in [0.1, 0.15) is 5.60 Å². The molecule has 188 valence electrons. The predicted molar refractivity (Wildman–Crippen MR) is 133 cm³/mol. The fourth-order valence-electron chi connectivity index (χ4n) is 4.62. The molecule has 2 heterocycles. The first-order chi connectivity index (χ1) is 15.8. The van der Waals surface area contributed by atoms with Crippen LogP contribution in [0.3, 0.4) is 0 Å². The maximum absolute atomic E-state index is 13.1. The Morgan fingerprint density at radius 3 is 2.50 bits per heavy atom. The van der Waals surface area contributed by atoms with E-state index in [2.05, 4.69) is 15.5 Å². The van der Waals surface area contributed by atoms with Crippen molar-refractivity contribution in [3.05, 3.63) is 28.3 Å². The number of carbonyl (C=O) groups excluding carboxylic acids is 3. The standard InChI is InChI=1S/C25H37ClN4O4/c1-14-8-15(2)28-23(32)20(14)11-27-22(31)19-9-17(26)10-21(16(19)3)29(7)18-12-30(13-18)24(33)34-25(4,5)6/h9-10,14-15,18,20H,8,11-13H2,1-7H3,(H,27,31)(H,28,32). The Kier molecular flexibility index (Phi) is 7.70. The number of likely N-dealkylation sites (N-methyl/N-ethyl adjacent to an activating group) is 1. The van der Waals surface area contributed by atoms with Crippen molar-refractivity contribution >= 4 is 35.2 Å². The average Bonchev–Trinajstić information content (AvgIpc) is 2.65.